The lowest BCUT2D eigenvalue weighted by Gasteiger charge is -2.08. The number of benzene rings is 2. The van der Waals surface area contributed by atoms with Crippen molar-refractivity contribution < 1.29 is 9.53 Å². The SMILES string of the molecule is COc1ccccc1Nc1nc(-c2ccc(NC(=O)C(Cl)Cl)cc2)cs1. The molecule has 3 rings (SSSR count). The van der Waals surface area contributed by atoms with Gasteiger partial charge < -0.3 is 15.4 Å². The van der Waals surface area contributed by atoms with Crippen LogP contribution in [0, 0.1) is 0 Å². The number of aromatic nitrogens is 1. The Morgan fingerprint density at radius 1 is 1.15 bits per heavy atom. The fourth-order valence-corrected chi connectivity index (χ4v) is 3.09. The first-order valence-electron chi connectivity index (χ1n) is 7.62. The molecule has 2 N–H and O–H groups in total. The van der Waals surface area contributed by atoms with Crippen LogP contribution in [0.3, 0.4) is 0 Å². The van der Waals surface area contributed by atoms with Crippen LogP contribution in [0.1, 0.15) is 0 Å². The highest BCUT2D eigenvalue weighted by Gasteiger charge is 2.12. The predicted molar refractivity (Wildman–Crippen MR) is 108 cm³/mol. The van der Waals surface area contributed by atoms with Crippen molar-refractivity contribution in [3.05, 3.63) is 53.9 Å². The van der Waals surface area contributed by atoms with Crippen molar-refractivity contribution in [1.29, 1.82) is 0 Å². The number of alkyl halides is 2. The number of para-hydroxylation sites is 2. The Labute approximate surface area is 164 Å². The van der Waals surface area contributed by atoms with Gasteiger partial charge in [0, 0.05) is 16.6 Å². The number of nitrogens with one attached hydrogen (secondary N) is 2. The number of hydrogen-bond donors (Lipinski definition) is 2. The van der Waals surface area contributed by atoms with Crippen molar-refractivity contribution >= 4 is 57.0 Å². The third kappa shape index (κ3) is 4.46. The third-order valence-corrected chi connectivity index (χ3v) is 4.65. The summed E-state index contributed by atoms with van der Waals surface area (Å²) in [6.45, 7) is 0. The lowest BCUT2D eigenvalue weighted by molar-refractivity contribution is -0.114. The Bertz CT molecular complexity index is 897. The number of anilines is 3. The van der Waals surface area contributed by atoms with Gasteiger partial charge >= 0.3 is 0 Å². The summed E-state index contributed by atoms with van der Waals surface area (Å²) in [5.41, 5.74) is 3.23. The maximum atomic E-state index is 11.5. The van der Waals surface area contributed by atoms with E-state index in [9.17, 15) is 4.79 Å². The maximum Gasteiger partial charge on any atom is 0.257 e. The number of methoxy groups -OCH3 is 1. The molecule has 0 atom stereocenters. The van der Waals surface area contributed by atoms with E-state index in [0.29, 0.717) is 5.69 Å². The molecule has 0 saturated carbocycles. The molecule has 1 amide bonds. The molecule has 134 valence electrons. The molecule has 2 aromatic carbocycles. The van der Waals surface area contributed by atoms with Gasteiger partial charge in [0.25, 0.3) is 5.91 Å². The minimum absolute atomic E-state index is 0.460. The first-order chi connectivity index (χ1) is 12.6. The summed E-state index contributed by atoms with van der Waals surface area (Å²) >= 11 is 12.5. The normalized spacial score (nSPS) is 10.6. The summed E-state index contributed by atoms with van der Waals surface area (Å²) in [6.07, 6.45) is 0. The van der Waals surface area contributed by atoms with Crippen molar-refractivity contribution in [3.63, 3.8) is 0 Å². The van der Waals surface area contributed by atoms with Gasteiger partial charge in [-0.05, 0) is 24.3 Å². The molecule has 8 heteroatoms. The topological polar surface area (TPSA) is 63.2 Å². The fraction of sp³-hybridized carbons (Fsp3) is 0.111. The van der Waals surface area contributed by atoms with E-state index in [1.54, 1.807) is 19.2 Å². The van der Waals surface area contributed by atoms with E-state index in [1.807, 2.05) is 41.8 Å². The number of ether oxygens (including phenoxy) is 1. The molecule has 0 aliphatic heterocycles. The van der Waals surface area contributed by atoms with Gasteiger partial charge in [-0.1, -0.05) is 47.5 Å². The van der Waals surface area contributed by atoms with Crippen LogP contribution in [0.2, 0.25) is 0 Å². The third-order valence-electron chi connectivity index (χ3n) is 3.50. The van der Waals surface area contributed by atoms with Crippen molar-refractivity contribution in [3.8, 4) is 17.0 Å². The van der Waals surface area contributed by atoms with E-state index in [0.717, 1.165) is 27.8 Å². The molecule has 1 aromatic heterocycles. The fourth-order valence-electron chi connectivity index (χ4n) is 2.25. The summed E-state index contributed by atoms with van der Waals surface area (Å²) in [6, 6.07) is 14.9. The van der Waals surface area contributed by atoms with Crippen LogP contribution >= 0.6 is 34.5 Å². The molecule has 0 unspecified atom stereocenters. The Hall–Kier alpha value is -2.28. The largest absolute Gasteiger partial charge is 0.495 e. The smallest absolute Gasteiger partial charge is 0.257 e. The van der Waals surface area contributed by atoms with Crippen LogP contribution in [0.4, 0.5) is 16.5 Å². The first-order valence-corrected chi connectivity index (χ1v) is 9.37. The molecule has 0 spiro atoms. The second-order valence-corrected chi connectivity index (χ2v) is 7.18. The lowest BCUT2D eigenvalue weighted by Crippen LogP contribution is -2.18. The minimum Gasteiger partial charge on any atom is -0.495 e. The van der Waals surface area contributed by atoms with Crippen LogP contribution in [-0.2, 0) is 4.79 Å². The number of rotatable bonds is 6. The molecule has 0 saturated heterocycles. The number of carbonyl (C=O) groups is 1. The average Bonchev–Trinajstić information content (AvgIpc) is 3.11. The van der Waals surface area contributed by atoms with Crippen LogP contribution in [-0.4, -0.2) is 22.8 Å². The molecular formula is C18H15Cl2N3O2S. The highest BCUT2D eigenvalue weighted by Crippen LogP contribution is 2.31. The summed E-state index contributed by atoms with van der Waals surface area (Å²) < 4.78 is 5.33. The van der Waals surface area contributed by atoms with Gasteiger partial charge in [-0.3, -0.25) is 4.79 Å². The van der Waals surface area contributed by atoms with E-state index in [-0.39, 0.29) is 0 Å². The number of thiazole rings is 1. The van der Waals surface area contributed by atoms with Crippen LogP contribution < -0.4 is 15.4 Å². The van der Waals surface area contributed by atoms with E-state index in [4.69, 9.17) is 27.9 Å². The quantitative estimate of drug-likeness (QED) is 0.543. The number of halogens is 2. The van der Waals surface area contributed by atoms with Gasteiger partial charge in [0.05, 0.1) is 18.5 Å². The van der Waals surface area contributed by atoms with E-state index < -0.39 is 10.7 Å². The highest BCUT2D eigenvalue weighted by atomic mass is 35.5. The molecule has 0 aliphatic rings. The second-order valence-electron chi connectivity index (χ2n) is 5.23. The predicted octanol–water partition coefficient (Wildman–Crippen LogP) is 5.30. The van der Waals surface area contributed by atoms with Crippen LogP contribution in [0.5, 0.6) is 5.75 Å². The zero-order valence-corrected chi connectivity index (χ0v) is 16.0. The van der Waals surface area contributed by atoms with Gasteiger partial charge in [0.1, 0.15) is 5.75 Å². The summed E-state index contributed by atoms with van der Waals surface area (Å²) in [5.74, 6) is 0.291. The van der Waals surface area contributed by atoms with E-state index in [2.05, 4.69) is 15.6 Å². The standard InChI is InChI=1S/C18H15Cl2N3O2S/c1-25-15-5-3-2-4-13(15)22-18-23-14(10-26-18)11-6-8-12(9-7-11)21-17(24)16(19)20/h2-10,16H,1H3,(H,21,24)(H,22,23). The van der Waals surface area contributed by atoms with Crippen molar-refractivity contribution in [2.24, 2.45) is 0 Å². The monoisotopic (exact) mass is 407 g/mol. The van der Waals surface area contributed by atoms with Gasteiger partial charge in [0.2, 0.25) is 0 Å². The Kier molecular flexibility index (Phi) is 5.98. The van der Waals surface area contributed by atoms with Crippen LogP contribution in [0.15, 0.2) is 53.9 Å². The summed E-state index contributed by atoms with van der Waals surface area (Å²) in [5, 5.41) is 8.60. The first kappa shape index (κ1) is 18.5. The summed E-state index contributed by atoms with van der Waals surface area (Å²) in [7, 11) is 1.63. The van der Waals surface area contributed by atoms with Crippen molar-refractivity contribution in [2.45, 2.75) is 4.84 Å². The van der Waals surface area contributed by atoms with Gasteiger partial charge in [0.15, 0.2) is 9.97 Å². The molecule has 0 fully saturated rings. The molecule has 5 nitrogen and oxygen atoms in total. The highest BCUT2D eigenvalue weighted by molar-refractivity contribution is 7.14. The molecule has 3 aromatic rings. The maximum absolute atomic E-state index is 11.5. The molecule has 26 heavy (non-hydrogen) atoms. The Morgan fingerprint density at radius 2 is 1.88 bits per heavy atom. The van der Waals surface area contributed by atoms with E-state index >= 15 is 0 Å². The Morgan fingerprint density at radius 3 is 2.58 bits per heavy atom. The van der Waals surface area contributed by atoms with Crippen molar-refractivity contribution in [1.82, 2.24) is 4.98 Å². The molecule has 0 aliphatic carbocycles. The van der Waals surface area contributed by atoms with Crippen molar-refractivity contribution in [2.75, 3.05) is 17.7 Å². The van der Waals surface area contributed by atoms with Gasteiger partial charge in [-0.2, -0.15) is 0 Å². The molecule has 0 radical (unpaired) electrons. The molecular weight excluding hydrogens is 393 g/mol. The van der Waals surface area contributed by atoms with E-state index in [1.165, 1.54) is 11.3 Å². The second kappa shape index (κ2) is 8.40. The van der Waals surface area contributed by atoms with Crippen LogP contribution in [0.25, 0.3) is 11.3 Å². The number of carbonyl (C=O) groups excluding carboxylic acids is 1. The number of hydrogen-bond acceptors (Lipinski definition) is 5. The van der Waals surface area contributed by atoms with Gasteiger partial charge in [-0.15, -0.1) is 11.3 Å². The molecule has 0 bridgehead atoms. The number of amides is 1. The summed E-state index contributed by atoms with van der Waals surface area (Å²) in [4.78, 5) is 15.0. The average molecular weight is 408 g/mol. The zero-order chi connectivity index (χ0) is 18.5. The Balaban J connectivity index is 1.72. The minimum atomic E-state index is -1.10. The molecule has 1 heterocycles. The number of nitrogens with zero attached hydrogens (tertiary/aromatic N) is 1. The zero-order valence-electron chi connectivity index (χ0n) is 13.7. The lowest BCUT2D eigenvalue weighted by atomic mass is 10.1. The van der Waals surface area contributed by atoms with Gasteiger partial charge in [-0.25, -0.2) is 4.98 Å².